The van der Waals surface area contributed by atoms with E-state index in [9.17, 15) is 9.59 Å². The quantitative estimate of drug-likeness (QED) is 0.236. The van der Waals surface area contributed by atoms with Gasteiger partial charge < -0.3 is 19.5 Å². The predicted octanol–water partition coefficient (Wildman–Crippen LogP) is 6.46. The van der Waals surface area contributed by atoms with Crippen LogP contribution in [0.15, 0.2) is 107 Å². The number of carbonyl (C=O) groups excluding carboxylic acids is 2. The number of ketones is 1. The zero-order valence-corrected chi connectivity index (χ0v) is 23.0. The second-order valence-electron chi connectivity index (χ2n) is 10.1. The fourth-order valence-corrected chi connectivity index (χ4v) is 5.47. The lowest BCUT2D eigenvalue weighted by molar-refractivity contribution is -0.140. The molecule has 40 heavy (non-hydrogen) atoms. The number of allylic oxidation sites excluding steroid dienone is 3. The molecule has 0 amide bonds. The molecule has 1 N–H and O–H groups in total. The Morgan fingerprint density at radius 1 is 0.800 bits per heavy atom. The SMILES string of the molecule is CCCOc1ccc([C@H]2C(C(=O)OCCOc3ccccc3)=C(C)NC3=C2C(=O)C[C@H](c2ccccc2)C3)cc1. The van der Waals surface area contributed by atoms with Crippen LogP contribution in [0.3, 0.4) is 0 Å². The van der Waals surface area contributed by atoms with Crippen molar-refractivity contribution < 1.29 is 23.8 Å². The van der Waals surface area contributed by atoms with E-state index in [0.717, 1.165) is 29.0 Å². The highest BCUT2D eigenvalue weighted by Crippen LogP contribution is 2.45. The number of nitrogens with one attached hydrogen (secondary N) is 1. The van der Waals surface area contributed by atoms with Crippen molar-refractivity contribution in [1.29, 1.82) is 0 Å². The molecule has 5 rings (SSSR count). The second kappa shape index (κ2) is 12.7. The number of ether oxygens (including phenoxy) is 3. The molecule has 6 nitrogen and oxygen atoms in total. The number of dihydropyridines is 1. The molecule has 0 saturated carbocycles. The van der Waals surface area contributed by atoms with Crippen LogP contribution in [0.25, 0.3) is 0 Å². The van der Waals surface area contributed by atoms with E-state index < -0.39 is 11.9 Å². The molecule has 206 valence electrons. The Morgan fingerprint density at radius 2 is 1.45 bits per heavy atom. The maximum Gasteiger partial charge on any atom is 0.336 e. The Hall–Kier alpha value is -4.32. The van der Waals surface area contributed by atoms with Crippen LogP contribution in [0, 0.1) is 0 Å². The van der Waals surface area contributed by atoms with Gasteiger partial charge in [0.2, 0.25) is 0 Å². The highest BCUT2D eigenvalue weighted by molar-refractivity contribution is 6.04. The first-order valence-corrected chi connectivity index (χ1v) is 13.9. The number of Topliss-reactive ketones (excluding diaryl/α,β-unsaturated/α-hetero) is 1. The van der Waals surface area contributed by atoms with E-state index in [0.29, 0.717) is 42.0 Å². The summed E-state index contributed by atoms with van der Waals surface area (Å²) >= 11 is 0. The Kier molecular flexibility index (Phi) is 8.65. The van der Waals surface area contributed by atoms with Crippen molar-refractivity contribution in [2.45, 2.75) is 44.9 Å². The summed E-state index contributed by atoms with van der Waals surface area (Å²) in [6.07, 6.45) is 2.00. The predicted molar refractivity (Wildman–Crippen MR) is 154 cm³/mol. The van der Waals surface area contributed by atoms with Crippen molar-refractivity contribution >= 4 is 11.8 Å². The van der Waals surface area contributed by atoms with Crippen molar-refractivity contribution in [3.63, 3.8) is 0 Å². The highest BCUT2D eigenvalue weighted by atomic mass is 16.6. The molecular weight excluding hydrogens is 502 g/mol. The summed E-state index contributed by atoms with van der Waals surface area (Å²) in [6.45, 7) is 4.89. The molecule has 0 fully saturated rings. The second-order valence-corrected chi connectivity index (χ2v) is 10.1. The fourth-order valence-electron chi connectivity index (χ4n) is 5.47. The summed E-state index contributed by atoms with van der Waals surface area (Å²) in [5, 5.41) is 3.42. The van der Waals surface area contributed by atoms with Crippen molar-refractivity contribution in [1.82, 2.24) is 5.32 Å². The molecule has 2 aliphatic rings. The molecule has 0 bridgehead atoms. The molecule has 1 aliphatic carbocycles. The van der Waals surface area contributed by atoms with Gasteiger partial charge >= 0.3 is 5.97 Å². The lowest BCUT2D eigenvalue weighted by Gasteiger charge is -2.36. The largest absolute Gasteiger partial charge is 0.494 e. The third-order valence-electron chi connectivity index (χ3n) is 7.33. The Balaban J connectivity index is 1.41. The van der Waals surface area contributed by atoms with Gasteiger partial charge in [-0.25, -0.2) is 4.79 Å². The van der Waals surface area contributed by atoms with Gasteiger partial charge in [0.1, 0.15) is 24.7 Å². The zero-order chi connectivity index (χ0) is 27.9. The van der Waals surface area contributed by atoms with E-state index in [1.54, 1.807) is 0 Å². The van der Waals surface area contributed by atoms with E-state index >= 15 is 0 Å². The molecule has 6 heteroatoms. The maximum absolute atomic E-state index is 13.8. The summed E-state index contributed by atoms with van der Waals surface area (Å²) < 4.78 is 17.2. The van der Waals surface area contributed by atoms with Crippen LogP contribution in [-0.4, -0.2) is 31.6 Å². The highest BCUT2D eigenvalue weighted by Gasteiger charge is 2.41. The molecule has 0 unspecified atom stereocenters. The Bertz CT molecular complexity index is 1390. The van der Waals surface area contributed by atoms with E-state index in [4.69, 9.17) is 14.2 Å². The van der Waals surface area contributed by atoms with Crippen LogP contribution in [0.2, 0.25) is 0 Å². The van der Waals surface area contributed by atoms with E-state index in [-0.39, 0.29) is 24.9 Å². The van der Waals surface area contributed by atoms with Gasteiger partial charge in [0.15, 0.2) is 5.78 Å². The topological polar surface area (TPSA) is 73.9 Å². The van der Waals surface area contributed by atoms with Gasteiger partial charge in [-0.05, 0) is 61.1 Å². The minimum atomic E-state index is -0.525. The minimum Gasteiger partial charge on any atom is -0.494 e. The number of hydrogen-bond acceptors (Lipinski definition) is 6. The van der Waals surface area contributed by atoms with Gasteiger partial charge in [-0.3, -0.25) is 4.79 Å². The van der Waals surface area contributed by atoms with Crippen molar-refractivity contribution in [2.75, 3.05) is 19.8 Å². The van der Waals surface area contributed by atoms with Gasteiger partial charge in [-0.1, -0.05) is 67.6 Å². The van der Waals surface area contributed by atoms with Crippen LogP contribution in [0.5, 0.6) is 11.5 Å². The first-order valence-electron chi connectivity index (χ1n) is 13.9. The number of esters is 1. The first kappa shape index (κ1) is 27.3. The number of benzene rings is 3. The Labute approximate surface area is 235 Å². The van der Waals surface area contributed by atoms with E-state index in [2.05, 4.69) is 24.4 Å². The van der Waals surface area contributed by atoms with Crippen molar-refractivity contribution in [3.8, 4) is 11.5 Å². The monoisotopic (exact) mass is 537 g/mol. The average Bonchev–Trinajstić information content (AvgIpc) is 2.98. The molecule has 3 aromatic rings. The standard InChI is InChI=1S/C34H35NO5/c1-3-18-38-28-16-14-25(15-17-28)32-31(34(37)40-20-19-39-27-12-8-5-9-13-27)23(2)35-29-21-26(22-30(36)33(29)32)24-10-6-4-7-11-24/h4-17,26,32,35H,3,18-22H2,1-2H3/t26-,32+/m1/s1. The van der Waals surface area contributed by atoms with E-state index in [1.807, 2.05) is 79.7 Å². The van der Waals surface area contributed by atoms with E-state index in [1.165, 1.54) is 0 Å². The molecular formula is C34H35NO5. The molecule has 0 radical (unpaired) electrons. The number of para-hydroxylation sites is 1. The fraction of sp³-hybridized carbons (Fsp3) is 0.294. The molecule has 0 spiro atoms. The van der Waals surface area contributed by atoms with Crippen LogP contribution in [0.4, 0.5) is 0 Å². The molecule has 2 atom stereocenters. The lowest BCUT2D eigenvalue weighted by atomic mass is 9.72. The van der Waals surface area contributed by atoms with Crippen LogP contribution in [0.1, 0.15) is 56.1 Å². The number of carbonyl (C=O) groups is 2. The summed E-state index contributed by atoms with van der Waals surface area (Å²) in [5.74, 6) is 0.625. The summed E-state index contributed by atoms with van der Waals surface area (Å²) in [7, 11) is 0. The molecule has 0 aromatic heterocycles. The third kappa shape index (κ3) is 6.12. The van der Waals surface area contributed by atoms with Gasteiger partial charge in [0.25, 0.3) is 0 Å². The minimum absolute atomic E-state index is 0.0455. The zero-order valence-electron chi connectivity index (χ0n) is 23.0. The van der Waals surface area contributed by atoms with Gasteiger partial charge in [-0.2, -0.15) is 0 Å². The maximum atomic E-state index is 13.8. The lowest BCUT2D eigenvalue weighted by Crippen LogP contribution is -2.36. The molecule has 0 saturated heterocycles. The average molecular weight is 538 g/mol. The van der Waals surface area contributed by atoms with Gasteiger partial charge in [0, 0.05) is 29.3 Å². The van der Waals surface area contributed by atoms with Gasteiger partial charge in [-0.15, -0.1) is 0 Å². The normalized spacial score (nSPS) is 18.6. The van der Waals surface area contributed by atoms with Crippen LogP contribution >= 0.6 is 0 Å². The van der Waals surface area contributed by atoms with Crippen LogP contribution < -0.4 is 14.8 Å². The summed E-state index contributed by atoms with van der Waals surface area (Å²) in [4.78, 5) is 27.3. The molecule has 3 aromatic carbocycles. The summed E-state index contributed by atoms with van der Waals surface area (Å²) in [6, 6.07) is 27.2. The molecule has 1 aliphatic heterocycles. The van der Waals surface area contributed by atoms with Crippen molar-refractivity contribution in [2.24, 2.45) is 0 Å². The van der Waals surface area contributed by atoms with Crippen LogP contribution in [-0.2, 0) is 14.3 Å². The first-order chi connectivity index (χ1) is 19.5. The number of rotatable bonds is 10. The van der Waals surface area contributed by atoms with Crippen molar-refractivity contribution in [3.05, 3.63) is 119 Å². The number of hydrogen-bond donors (Lipinski definition) is 1. The summed E-state index contributed by atoms with van der Waals surface area (Å²) in [5.41, 5.74) is 4.67. The molecule has 1 heterocycles. The smallest absolute Gasteiger partial charge is 0.336 e. The van der Waals surface area contributed by atoms with Gasteiger partial charge in [0.05, 0.1) is 12.2 Å². The third-order valence-corrected chi connectivity index (χ3v) is 7.33. The Morgan fingerprint density at radius 3 is 2.15 bits per heavy atom.